The number of hydrogen-bond donors (Lipinski definition) is 1. The molecule has 0 fully saturated rings. The highest BCUT2D eigenvalue weighted by Crippen LogP contribution is 2.15. The highest BCUT2D eigenvalue weighted by molar-refractivity contribution is 5.20. The van der Waals surface area contributed by atoms with Gasteiger partial charge in [-0.2, -0.15) is 9.97 Å². The molecule has 1 atom stereocenters. The topological polar surface area (TPSA) is 83.2 Å². The summed E-state index contributed by atoms with van der Waals surface area (Å²) in [6, 6.07) is 0.442. The van der Waals surface area contributed by atoms with Crippen molar-refractivity contribution < 1.29 is 9.47 Å². The maximum Gasteiger partial charge on any atom is 0.324 e. The molecule has 6 heteroatoms. The monoisotopic (exact) mass is 254 g/mol. The van der Waals surface area contributed by atoms with Gasteiger partial charge in [-0.05, 0) is 25.7 Å². The maximum atomic E-state index is 5.60. The van der Waals surface area contributed by atoms with E-state index < -0.39 is 0 Å². The average molecular weight is 254 g/mol. The average Bonchev–Trinajstić information content (AvgIpc) is 2.24. The van der Waals surface area contributed by atoms with Gasteiger partial charge in [0.15, 0.2) is 0 Å². The first-order valence-corrected chi connectivity index (χ1v) is 6.32. The van der Waals surface area contributed by atoms with Gasteiger partial charge in [0.1, 0.15) is 0 Å². The number of anilines is 1. The van der Waals surface area contributed by atoms with Gasteiger partial charge in [0.25, 0.3) is 0 Å². The fourth-order valence-corrected chi connectivity index (χ4v) is 1.56. The molecule has 0 aliphatic heterocycles. The van der Waals surface area contributed by atoms with Crippen molar-refractivity contribution in [2.75, 3.05) is 12.3 Å². The van der Waals surface area contributed by atoms with Gasteiger partial charge < -0.3 is 15.2 Å². The molecule has 1 heterocycles. The first-order valence-electron chi connectivity index (χ1n) is 6.32. The van der Waals surface area contributed by atoms with Crippen LogP contribution in [-0.4, -0.2) is 27.7 Å². The first-order chi connectivity index (χ1) is 8.51. The van der Waals surface area contributed by atoms with Crippen molar-refractivity contribution >= 4 is 5.95 Å². The minimum Gasteiger partial charge on any atom is -0.463 e. The quantitative estimate of drug-likeness (QED) is 0.801. The summed E-state index contributed by atoms with van der Waals surface area (Å²) in [6.07, 6.45) is 1.84. The van der Waals surface area contributed by atoms with E-state index in [1.165, 1.54) is 0 Å². The molecule has 6 nitrogen and oxygen atoms in total. The number of nitrogens with two attached hydrogens (primary N) is 1. The molecule has 0 saturated heterocycles. The fraction of sp³-hybridized carbons (Fsp3) is 0.750. The molecule has 0 aliphatic rings. The summed E-state index contributed by atoms with van der Waals surface area (Å²) in [5.41, 5.74) is 5.59. The van der Waals surface area contributed by atoms with E-state index in [1.807, 2.05) is 13.8 Å². The summed E-state index contributed by atoms with van der Waals surface area (Å²) < 4.78 is 10.9. The Balaban J connectivity index is 2.67. The van der Waals surface area contributed by atoms with E-state index in [4.69, 9.17) is 15.2 Å². The first kappa shape index (κ1) is 14.5. The molecule has 0 bridgehead atoms. The molecule has 0 aliphatic carbocycles. The second kappa shape index (κ2) is 6.98. The van der Waals surface area contributed by atoms with E-state index in [2.05, 4.69) is 28.8 Å². The van der Waals surface area contributed by atoms with Crippen LogP contribution in [0, 0.1) is 5.92 Å². The molecule has 0 saturated carbocycles. The van der Waals surface area contributed by atoms with Crippen LogP contribution in [0.4, 0.5) is 5.95 Å². The molecular formula is C12H22N4O2. The lowest BCUT2D eigenvalue weighted by molar-refractivity contribution is 0.173. The molecule has 1 aromatic rings. The van der Waals surface area contributed by atoms with E-state index in [-0.39, 0.29) is 24.1 Å². The van der Waals surface area contributed by atoms with E-state index in [0.29, 0.717) is 12.5 Å². The van der Waals surface area contributed by atoms with Crippen LogP contribution in [-0.2, 0) is 0 Å². The zero-order chi connectivity index (χ0) is 13.5. The molecule has 0 spiro atoms. The number of hydrogen-bond acceptors (Lipinski definition) is 6. The van der Waals surface area contributed by atoms with Gasteiger partial charge in [0, 0.05) is 0 Å². The van der Waals surface area contributed by atoms with Crippen LogP contribution in [0.3, 0.4) is 0 Å². The number of nitrogen functional groups attached to an aromatic ring is 1. The number of nitrogens with zero attached hydrogens (tertiary/aromatic N) is 3. The zero-order valence-electron chi connectivity index (χ0n) is 11.5. The fourth-order valence-electron chi connectivity index (χ4n) is 1.56. The predicted octanol–water partition coefficient (Wildman–Crippen LogP) is 2.06. The van der Waals surface area contributed by atoms with Gasteiger partial charge in [0.2, 0.25) is 5.95 Å². The number of rotatable bonds is 7. The molecule has 1 rings (SSSR count). The summed E-state index contributed by atoms with van der Waals surface area (Å²) in [5, 5.41) is 0. The SMILES string of the molecule is CCCOc1nc(N)nc(OC(C)CC(C)C)n1. The smallest absolute Gasteiger partial charge is 0.324 e. The Hall–Kier alpha value is -1.59. The summed E-state index contributed by atoms with van der Waals surface area (Å²) in [4.78, 5) is 11.9. The highest BCUT2D eigenvalue weighted by atomic mass is 16.5. The molecule has 1 unspecified atom stereocenters. The Kier molecular flexibility index (Phi) is 5.61. The Morgan fingerprint density at radius 2 is 1.78 bits per heavy atom. The summed E-state index contributed by atoms with van der Waals surface area (Å²) in [6.45, 7) is 8.80. The second-order valence-corrected chi connectivity index (χ2v) is 4.67. The molecule has 0 amide bonds. The van der Waals surface area contributed by atoms with E-state index in [1.54, 1.807) is 0 Å². The number of aromatic nitrogens is 3. The molecule has 2 N–H and O–H groups in total. The maximum absolute atomic E-state index is 5.60. The Morgan fingerprint density at radius 1 is 1.11 bits per heavy atom. The Morgan fingerprint density at radius 3 is 2.39 bits per heavy atom. The van der Waals surface area contributed by atoms with Gasteiger partial charge in [-0.3, -0.25) is 0 Å². The van der Waals surface area contributed by atoms with Crippen molar-refractivity contribution in [3.8, 4) is 12.0 Å². The van der Waals surface area contributed by atoms with Crippen molar-refractivity contribution in [1.29, 1.82) is 0 Å². The van der Waals surface area contributed by atoms with Crippen molar-refractivity contribution in [2.24, 2.45) is 5.92 Å². The van der Waals surface area contributed by atoms with Crippen LogP contribution in [0.15, 0.2) is 0 Å². The third kappa shape index (κ3) is 5.16. The standard InChI is InChI=1S/C12H22N4O2/c1-5-6-17-11-14-10(13)15-12(16-11)18-9(4)7-8(2)3/h8-9H,5-7H2,1-4H3,(H2,13,14,15,16). The van der Waals surface area contributed by atoms with Crippen LogP contribution in [0.2, 0.25) is 0 Å². The summed E-state index contributed by atoms with van der Waals surface area (Å²) >= 11 is 0. The van der Waals surface area contributed by atoms with E-state index in [9.17, 15) is 0 Å². The minimum absolute atomic E-state index is 0.0332. The van der Waals surface area contributed by atoms with Crippen molar-refractivity contribution in [3.05, 3.63) is 0 Å². The lowest BCUT2D eigenvalue weighted by Gasteiger charge is -2.15. The normalized spacial score (nSPS) is 12.5. The molecule has 18 heavy (non-hydrogen) atoms. The van der Waals surface area contributed by atoms with Gasteiger partial charge in [-0.1, -0.05) is 20.8 Å². The van der Waals surface area contributed by atoms with Gasteiger partial charge in [0.05, 0.1) is 12.7 Å². The minimum atomic E-state index is 0.0332. The van der Waals surface area contributed by atoms with Crippen LogP contribution in [0.5, 0.6) is 12.0 Å². The third-order valence-corrected chi connectivity index (χ3v) is 2.16. The highest BCUT2D eigenvalue weighted by Gasteiger charge is 2.11. The number of ether oxygens (including phenoxy) is 2. The van der Waals surface area contributed by atoms with Crippen LogP contribution in [0.1, 0.15) is 40.5 Å². The molecular weight excluding hydrogens is 232 g/mol. The van der Waals surface area contributed by atoms with Gasteiger partial charge in [-0.15, -0.1) is 4.98 Å². The predicted molar refractivity (Wildman–Crippen MR) is 69.6 cm³/mol. The summed E-state index contributed by atoms with van der Waals surface area (Å²) in [7, 11) is 0. The lowest BCUT2D eigenvalue weighted by Crippen LogP contribution is -2.17. The lowest BCUT2D eigenvalue weighted by atomic mass is 10.1. The third-order valence-electron chi connectivity index (χ3n) is 2.16. The zero-order valence-corrected chi connectivity index (χ0v) is 11.5. The molecule has 102 valence electrons. The van der Waals surface area contributed by atoms with Gasteiger partial charge >= 0.3 is 12.0 Å². The van der Waals surface area contributed by atoms with Crippen LogP contribution < -0.4 is 15.2 Å². The van der Waals surface area contributed by atoms with Crippen molar-refractivity contribution in [1.82, 2.24) is 15.0 Å². The van der Waals surface area contributed by atoms with E-state index in [0.717, 1.165) is 12.8 Å². The van der Waals surface area contributed by atoms with Crippen LogP contribution in [0.25, 0.3) is 0 Å². The Labute approximate surface area is 108 Å². The molecule has 1 aromatic heterocycles. The largest absolute Gasteiger partial charge is 0.463 e. The summed E-state index contributed by atoms with van der Waals surface area (Å²) in [5.74, 6) is 0.665. The van der Waals surface area contributed by atoms with Crippen molar-refractivity contribution in [2.45, 2.75) is 46.6 Å². The Bertz CT molecular complexity index is 371. The second-order valence-electron chi connectivity index (χ2n) is 4.67. The molecule has 0 radical (unpaired) electrons. The molecule has 0 aromatic carbocycles. The van der Waals surface area contributed by atoms with E-state index >= 15 is 0 Å². The van der Waals surface area contributed by atoms with Crippen molar-refractivity contribution in [3.63, 3.8) is 0 Å². The van der Waals surface area contributed by atoms with Crippen LogP contribution >= 0.6 is 0 Å². The van der Waals surface area contributed by atoms with Gasteiger partial charge in [-0.25, -0.2) is 0 Å².